The van der Waals surface area contributed by atoms with Crippen LogP contribution in [0.4, 0.5) is 13.2 Å². The topological polar surface area (TPSA) is 73.3 Å². The van der Waals surface area contributed by atoms with E-state index in [2.05, 4.69) is 9.17 Å². The molecule has 0 fully saturated rings. The lowest BCUT2D eigenvalue weighted by Gasteiger charge is -2.18. The summed E-state index contributed by atoms with van der Waals surface area (Å²) in [7, 11) is -5.98. The van der Waals surface area contributed by atoms with E-state index in [1.807, 2.05) is 0 Å². The minimum atomic E-state index is -5.98. The fourth-order valence-electron chi connectivity index (χ4n) is 2.10. The van der Waals surface area contributed by atoms with Crippen molar-refractivity contribution < 1.29 is 30.6 Å². The number of Topliss-reactive ketones (excluding diaryl/α,β-unsaturated/α-hetero) is 1. The van der Waals surface area contributed by atoms with Gasteiger partial charge in [0.05, 0.1) is 5.56 Å². The first-order valence-corrected chi connectivity index (χ1v) is 8.49. The summed E-state index contributed by atoms with van der Waals surface area (Å²) in [6.07, 6.45) is 2.70. The van der Waals surface area contributed by atoms with E-state index in [-0.39, 0.29) is 21.7 Å². The van der Waals surface area contributed by atoms with E-state index < -0.39 is 27.2 Å². The summed E-state index contributed by atoms with van der Waals surface area (Å²) in [5, 5.41) is 0.0776. The van der Waals surface area contributed by atoms with Crippen LogP contribution in [0.2, 0.25) is 5.02 Å². The number of carbonyl (C=O) groups is 1. The van der Waals surface area contributed by atoms with E-state index in [9.17, 15) is 26.4 Å². The number of nitrogens with zero attached hydrogens (tertiary/aromatic N) is 1. The molecule has 0 bridgehead atoms. The Morgan fingerprint density at radius 1 is 1.24 bits per heavy atom. The molecule has 1 aromatic heterocycles. The van der Waals surface area contributed by atoms with Gasteiger partial charge in [-0.15, -0.1) is 0 Å². The molecule has 0 aliphatic rings. The standard InChI is InChI=1S/C15H11ClF3NO4S/c1-8-12(16)7-11(9(2)21)14(24-25(22,23)15(17,18)19)13(8)10-3-5-20-6-4-10/h3-7H,1-2H3. The van der Waals surface area contributed by atoms with Crippen molar-refractivity contribution in [1.82, 2.24) is 4.98 Å². The van der Waals surface area contributed by atoms with E-state index in [4.69, 9.17) is 11.6 Å². The number of ketones is 1. The molecule has 2 aromatic rings. The number of aromatic nitrogens is 1. The molecule has 2 rings (SSSR count). The molecule has 0 radical (unpaired) electrons. The van der Waals surface area contributed by atoms with E-state index >= 15 is 0 Å². The number of benzene rings is 1. The van der Waals surface area contributed by atoms with Crippen LogP contribution in [0, 0.1) is 6.92 Å². The Kier molecular flexibility index (Phi) is 5.10. The smallest absolute Gasteiger partial charge is 0.375 e. The van der Waals surface area contributed by atoms with Crippen molar-refractivity contribution >= 4 is 27.5 Å². The summed E-state index contributed by atoms with van der Waals surface area (Å²) in [6, 6.07) is 3.93. The Balaban J connectivity index is 2.85. The van der Waals surface area contributed by atoms with Crippen molar-refractivity contribution in [1.29, 1.82) is 0 Å². The Morgan fingerprint density at radius 2 is 1.80 bits per heavy atom. The molecule has 0 saturated carbocycles. The third kappa shape index (κ3) is 3.77. The predicted octanol–water partition coefficient (Wildman–Crippen LogP) is 4.14. The van der Waals surface area contributed by atoms with Gasteiger partial charge in [0.1, 0.15) is 0 Å². The van der Waals surface area contributed by atoms with Gasteiger partial charge in [0, 0.05) is 23.0 Å². The third-order valence-corrected chi connectivity index (χ3v) is 4.65. The number of carbonyl (C=O) groups excluding carboxylic acids is 1. The Hall–Kier alpha value is -2.13. The van der Waals surface area contributed by atoms with Gasteiger partial charge in [0.25, 0.3) is 0 Å². The fraction of sp³-hybridized carbons (Fsp3) is 0.200. The highest BCUT2D eigenvalue weighted by molar-refractivity contribution is 7.88. The maximum absolute atomic E-state index is 12.7. The zero-order valence-electron chi connectivity index (χ0n) is 12.9. The molecule has 0 N–H and O–H groups in total. The normalized spacial score (nSPS) is 12.1. The van der Waals surface area contributed by atoms with Crippen LogP contribution < -0.4 is 4.18 Å². The maximum Gasteiger partial charge on any atom is 0.534 e. The van der Waals surface area contributed by atoms with Crippen LogP contribution in [0.3, 0.4) is 0 Å². The van der Waals surface area contributed by atoms with Gasteiger partial charge in [-0.3, -0.25) is 9.78 Å². The molecule has 5 nitrogen and oxygen atoms in total. The highest BCUT2D eigenvalue weighted by Gasteiger charge is 2.49. The number of hydrogen-bond donors (Lipinski definition) is 0. The van der Waals surface area contributed by atoms with E-state index in [1.54, 1.807) is 0 Å². The minimum Gasteiger partial charge on any atom is -0.375 e. The molecule has 1 aromatic carbocycles. The molecule has 0 unspecified atom stereocenters. The Morgan fingerprint density at radius 3 is 2.28 bits per heavy atom. The molecule has 0 atom stereocenters. The largest absolute Gasteiger partial charge is 0.534 e. The maximum atomic E-state index is 12.7. The van der Waals surface area contributed by atoms with Crippen molar-refractivity contribution in [3.05, 3.63) is 46.7 Å². The quantitative estimate of drug-likeness (QED) is 0.443. The minimum absolute atomic E-state index is 0.0343. The molecule has 25 heavy (non-hydrogen) atoms. The summed E-state index contributed by atoms with van der Waals surface area (Å²) in [4.78, 5) is 15.6. The lowest BCUT2D eigenvalue weighted by molar-refractivity contribution is -0.0500. The van der Waals surface area contributed by atoms with E-state index in [0.717, 1.165) is 13.0 Å². The summed E-state index contributed by atoms with van der Waals surface area (Å²) in [5.41, 5.74) is -5.51. The van der Waals surface area contributed by atoms with Crippen molar-refractivity contribution in [3.8, 4) is 16.9 Å². The van der Waals surface area contributed by atoms with Crippen LogP contribution >= 0.6 is 11.6 Å². The fourth-order valence-corrected chi connectivity index (χ4v) is 2.79. The van der Waals surface area contributed by atoms with Crippen LogP contribution in [0.1, 0.15) is 22.8 Å². The van der Waals surface area contributed by atoms with Gasteiger partial charge in [-0.25, -0.2) is 0 Å². The second-order valence-electron chi connectivity index (χ2n) is 5.01. The SMILES string of the molecule is CC(=O)c1cc(Cl)c(C)c(-c2ccncc2)c1OS(=O)(=O)C(F)(F)F. The van der Waals surface area contributed by atoms with Crippen LogP contribution in [-0.4, -0.2) is 24.7 Å². The monoisotopic (exact) mass is 393 g/mol. The second kappa shape index (κ2) is 6.64. The number of halogens is 4. The van der Waals surface area contributed by atoms with Crippen LogP contribution in [-0.2, 0) is 10.1 Å². The number of rotatable bonds is 4. The number of hydrogen-bond acceptors (Lipinski definition) is 5. The lowest BCUT2D eigenvalue weighted by atomic mass is 9.96. The lowest BCUT2D eigenvalue weighted by Crippen LogP contribution is -2.29. The first-order chi connectivity index (χ1) is 11.5. The molecule has 1 heterocycles. The molecule has 0 saturated heterocycles. The van der Waals surface area contributed by atoms with Gasteiger partial charge in [-0.1, -0.05) is 11.6 Å². The Labute approximate surface area is 146 Å². The average molecular weight is 394 g/mol. The molecule has 134 valence electrons. The van der Waals surface area contributed by atoms with Crippen molar-refractivity contribution in [2.24, 2.45) is 0 Å². The number of alkyl halides is 3. The summed E-state index contributed by atoms with van der Waals surface area (Å²) < 4.78 is 65.5. The van der Waals surface area contributed by atoms with Crippen LogP contribution in [0.5, 0.6) is 5.75 Å². The van der Waals surface area contributed by atoms with Gasteiger partial charge in [0.2, 0.25) is 0 Å². The second-order valence-corrected chi connectivity index (χ2v) is 6.96. The molecule has 10 heteroatoms. The Bertz CT molecular complexity index is 928. The first-order valence-electron chi connectivity index (χ1n) is 6.71. The molecule has 0 spiro atoms. The summed E-state index contributed by atoms with van der Waals surface area (Å²) in [5.74, 6) is -1.43. The van der Waals surface area contributed by atoms with Gasteiger partial charge < -0.3 is 4.18 Å². The average Bonchev–Trinajstić information content (AvgIpc) is 2.50. The first kappa shape index (κ1) is 19.2. The highest BCUT2D eigenvalue weighted by atomic mass is 35.5. The third-order valence-electron chi connectivity index (χ3n) is 3.30. The number of pyridine rings is 1. The predicted molar refractivity (Wildman–Crippen MR) is 85.0 cm³/mol. The molecular weight excluding hydrogens is 383 g/mol. The van der Waals surface area contributed by atoms with Gasteiger partial charge >= 0.3 is 15.6 Å². The van der Waals surface area contributed by atoms with Crippen molar-refractivity contribution in [2.75, 3.05) is 0 Å². The van der Waals surface area contributed by atoms with E-state index in [1.165, 1.54) is 31.5 Å². The summed E-state index contributed by atoms with van der Waals surface area (Å²) in [6.45, 7) is 2.53. The molecule has 0 aliphatic heterocycles. The van der Waals surface area contributed by atoms with E-state index in [0.29, 0.717) is 5.56 Å². The van der Waals surface area contributed by atoms with Gasteiger partial charge in [-0.2, -0.15) is 21.6 Å². The van der Waals surface area contributed by atoms with Gasteiger partial charge in [-0.05, 0) is 43.2 Å². The zero-order chi connectivity index (χ0) is 19.0. The van der Waals surface area contributed by atoms with Crippen LogP contribution in [0.15, 0.2) is 30.6 Å². The van der Waals surface area contributed by atoms with Crippen molar-refractivity contribution in [3.63, 3.8) is 0 Å². The van der Waals surface area contributed by atoms with Crippen LogP contribution in [0.25, 0.3) is 11.1 Å². The summed E-state index contributed by atoms with van der Waals surface area (Å²) >= 11 is 6.05. The molecule has 0 aliphatic carbocycles. The van der Waals surface area contributed by atoms with Crippen molar-refractivity contribution in [2.45, 2.75) is 19.4 Å². The van der Waals surface area contributed by atoms with Gasteiger partial charge in [0.15, 0.2) is 11.5 Å². The zero-order valence-corrected chi connectivity index (χ0v) is 14.5. The highest BCUT2D eigenvalue weighted by Crippen LogP contribution is 2.42. The molecular formula is C15H11ClF3NO4S. The molecule has 0 amide bonds.